The summed E-state index contributed by atoms with van der Waals surface area (Å²) >= 11 is 1.04. The summed E-state index contributed by atoms with van der Waals surface area (Å²) in [5.41, 5.74) is 1.36. The van der Waals surface area contributed by atoms with E-state index in [-0.39, 0.29) is 22.2 Å². The number of aryl methyl sites for hydroxylation is 1. The first kappa shape index (κ1) is 25.1. The van der Waals surface area contributed by atoms with Crippen LogP contribution in [0.3, 0.4) is 0 Å². The number of hydrogen-bond acceptors (Lipinski definition) is 8. The number of thiazole rings is 1. The lowest BCUT2D eigenvalue weighted by Gasteiger charge is -2.23. The van der Waals surface area contributed by atoms with Gasteiger partial charge in [0.15, 0.2) is 10.9 Å². The van der Waals surface area contributed by atoms with Crippen molar-refractivity contribution in [3.63, 3.8) is 0 Å². The average Bonchev–Trinajstić information content (AvgIpc) is 3.39. The molecule has 1 atom stereocenters. The van der Waals surface area contributed by atoms with E-state index in [2.05, 4.69) is 4.98 Å². The van der Waals surface area contributed by atoms with Crippen LogP contribution in [-0.4, -0.2) is 41.3 Å². The van der Waals surface area contributed by atoms with Crippen LogP contribution in [0.4, 0.5) is 5.13 Å². The summed E-state index contributed by atoms with van der Waals surface area (Å²) in [6.07, 6.45) is 0.853. The van der Waals surface area contributed by atoms with Gasteiger partial charge in [-0.15, -0.1) is 0 Å². The number of nitrogens with zero attached hydrogens (tertiary/aromatic N) is 2. The molecule has 1 amide bonds. The number of anilines is 1. The van der Waals surface area contributed by atoms with Gasteiger partial charge in [0.05, 0.1) is 35.9 Å². The Balaban J connectivity index is 1.87. The number of aromatic nitrogens is 1. The van der Waals surface area contributed by atoms with Crippen molar-refractivity contribution in [3.05, 3.63) is 75.8 Å². The van der Waals surface area contributed by atoms with Crippen LogP contribution in [-0.2, 0) is 9.59 Å². The zero-order valence-corrected chi connectivity index (χ0v) is 21.2. The van der Waals surface area contributed by atoms with Gasteiger partial charge < -0.3 is 14.6 Å². The molecule has 0 aliphatic carbocycles. The lowest BCUT2D eigenvalue weighted by atomic mass is 9.95. The molecule has 9 heteroatoms. The number of ketones is 2. The average molecular weight is 507 g/mol. The van der Waals surface area contributed by atoms with Crippen molar-refractivity contribution >= 4 is 39.7 Å². The monoisotopic (exact) mass is 506 g/mol. The third-order valence-electron chi connectivity index (χ3n) is 5.79. The van der Waals surface area contributed by atoms with Gasteiger partial charge in [0, 0.05) is 12.5 Å². The standard InChI is InChI=1S/C27H26N2O6S/c1-5-14-35-20-12-6-17(7-13-20)22-21(23(31)18-8-10-19(34-4)11-9-18)24(32)26(33)29(22)27-28-15(2)25(36-27)16(3)30/h6-13,22,31H,5,14H2,1-4H3/t22-/m1/s1. The van der Waals surface area contributed by atoms with Crippen LogP contribution in [0, 0.1) is 6.92 Å². The number of ether oxygens (including phenoxy) is 2. The molecule has 1 saturated heterocycles. The van der Waals surface area contributed by atoms with Gasteiger partial charge >= 0.3 is 5.91 Å². The quantitative estimate of drug-likeness (QED) is 0.197. The van der Waals surface area contributed by atoms with Gasteiger partial charge in [0.1, 0.15) is 17.3 Å². The van der Waals surface area contributed by atoms with Gasteiger partial charge in [-0.3, -0.25) is 19.3 Å². The van der Waals surface area contributed by atoms with Gasteiger partial charge in [-0.2, -0.15) is 0 Å². The Labute approximate surface area is 212 Å². The highest BCUT2D eigenvalue weighted by Gasteiger charge is 2.48. The summed E-state index contributed by atoms with van der Waals surface area (Å²) < 4.78 is 10.8. The van der Waals surface area contributed by atoms with Crippen molar-refractivity contribution in [2.75, 3.05) is 18.6 Å². The second-order valence-electron chi connectivity index (χ2n) is 8.28. The Kier molecular flexibility index (Phi) is 7.21. The molecular weight excluding hydrogens is 480 g/mol. The summed E-state index contributed by atoms with van der Waals surface area (Å²) in [4.78, 5) is 44.7. The van der Waals surface area contributed by atoms with Crippen LogP contribution in [0.15, 0.2) is 54.1 Å². The molecule has 1 N–H and O–H groups in total. The Morgan fingerprint density at radius 2 is 1.72 bits per heavy atom. The molecule has 1 aromatic heterocycles. The van der Waals surface area contributed by atoms with Gasteiger partial charge in [0.25, 0.3) is 5.78 Å². The number of methoxy groups -OCH3 is 1. The molecule has 1 aliphatic rings. The third-order valence-corrected chi connectivity index (χ3v) is 7.05. The van der Waals surface area contributed by atoms with E-state index >= 15 is 0 Å². The molecule has 0 unspecified atom stereocenters. The molecule has 0 radical (unpaired) electrons. The van der Waals surface area contributed by atoms with E-state index in [4.69, 9.17) is 9.47 Å². The van der Waals surface area contributed by atoms with Gasteiger partial charge in [-0.25, -0.2) is 4.98 Å². The largest absolute Gasteiger partial charge is 0.507 e. The molecule has 1 fully saturated rings. The highest BCUT2D eigenvalue weighted by atomic mass is 32.1. The number of Topliss-reactive ketones (excluding diaryl/α,β-unsaturated/α-hetero) is 2. The number of benzene rings is 2. The van der Waals surface area contributed by atoms with Crippen molar-refractivity contribution < 1.29 is 29.0 Å². The van der Waals surface area contributed by atoms with E-state index in [0.29, 0.717) is 39.8 Å². The lowest BCUT2D eigenvalue weighted by Crippen LogP contribution is -2.29. The molecule has 2 aromatic carbocycles. The first-order valence-electron chi connectivity index (χ1n) is 11.4. The zero-order valence-electron chi connectivity index (χ0n) is 20.4. The summed E-state index contributed by atoms with van der Waals surface area (Å²) in [7, 11) is 1.53. The van der Waals surface area contributed by atoms with E-state index in [1.165, 1.54) is 18.9 Å². The topological polar surface area (TPSA) is 106 Å². The van der Waals surface area contributed by atoms with Gasteiger partial charge in [-0.1, -0.05) is 30.4 Å². The van der Waals surface area contributed by atoms with Crippen molar-refractivity contribution in [1.82, 2.24) is 4.98 Å². The molecule has 36 heavy (non-hydrogen) atoms. The number of aliphatic hydroxyl groups excluding tert-OH is 1. The molecule has 4 rings (SSSR count). The normalized spacial score (nSPS) is 16.9. The van der Waals surface area contributed by atoms with Crippen LogP contribution in [0.1, 0.15) is 52.8 Å². The number of carbonyl (C=O) groups is 3. The predicted octanol–water partition coefficient (Wildman–Crippen LogP) is 5.08. The molecular formula is C27H26N2O6S. The maximum atomic E-state index is 13.3. The maximum absolute atomic E-state index is 13.3. The van der Waals surface area contributed by atoms with Gasteiger partial charge in [0.2, 0.25) is 0 Å². The fraction of sp³-hybridized carbons (Fsp3) is 0.259. The Hall–Kier alpha value is -3.98. The minimum absolute atomic E-state index is 0.0652. The summed E-state index contributed by atoms with van der Waals surface area (Å²) in [6.45, 7) is 5.67. The Morgan fingerprint density at radius 3 is 2.28 bits per heavy atom. The molecule has 0 bridgehead atoms. The number of aliphatic hydroxyl groups is 1. The molecule has 0 spiro atoms. The van der Waals surface area contributed by atoms with Gasteiger partial charge in [-0.05, 0) is 55.3 Å². The first-order chi connectivity index (χ1) is 17.3. The van der Waals surface area contributed by atoms with Crippen LogP contribution in [0.25, 0.3) is 5.76 Å². The molecule has 186 valence electrons. The van der Waals surface area contributed by atoms with Crippen molar-refractivity contribution in [2.45, 2.75) is 33.2 Å². The molecule has 1 aliphatic heterocycles. The Bertz CT molecular complexity index is 1340. The third kappa shape index (κ3) is 4.61. The van der Waals surface area contributed by atoms with Crippen molar-refractivity contribution in [1.29, 1.82) is 0 Å². The summed E-state index contributed by atoms with van der Waals surface area (Å²) in [5, 5.41) is 11.4. The van der Waals surface area contributed by atoms with E-state index in [1.807, 2.05) is 6.92 Å². The molecule has 0 saturated carbocycles. The number of amides is 1. The van der Waals surface area contributed by atoms with E-state index in [9.17, 15) is 19.5 Å². The molecule has 3 aromatic rings. The lowest BCUT2D eigenvalue weighted by molar-refractivity contribution is -0.132. The second kappa shape index (κ2) is 10.3. The van der Waals surface area contributed by atoms with Crippen molar-refractivity contribution in [2.24, 2.45) is 0 Å². The highest BCUT2D eigenvalue weighted by molar-refractivity contribution is 7.18. The van der Waals surface area contributed by atoms with E-state index in [0.717, 1.165) is 17.8 Å². The number of carbonyl (C=O) groups excluding carboxylic acids is 3. The van der Waals surface area contributed by atoms with Crippen LogP contribution >= 0.6 is 11.3 Å². The van der Waals surface area contributed by atoms with Crippen LogP contribution < -0.4 is 14.4 Å². The summed E-state index contributed by atoms with van der Waals surface area (Å²) in [6, 6.07) is 12.6. The zero-order chi connectivity index (χ0) is 26.0. The minimum atomic E-state index is -0.947. The number of hydrogen-bond donors (Lipinski definition) is 1. The SMILES string of the molecule is CCCOc1ccc([C@@H]2C(=C(O)c3ccc(OC)cc3)C(=O)C(=O)N2c2nc(C)c(C(C)=O)s2)cc1. The fourth-order valence-corrected chi connectivity index (χ4v) is 5.02. The van der Waals surface area contributed by atoms with E-state index in [1.54, 1.807) is 55.5 Å². The minimum Gasteiger partial charge on any atom is -0.507 e. The first-order valence-corrected chi connectivity index (χ1v) is 12.2. The summed E-state index contributed by atoms with van der Waals surface area (Å²) in [5.74, 6) is -0.921. The highest BCUT2D eigenvalue weighted by Crippen LogP contribution is 2.44. The molecule has 2 heterocycles. The second-order valence-corrected chi connectivity index (χ2v) is 9.26. The molecule has 8 nitrogen and oxygen atoms in total. The maximum Gasteiger partial charge on any atom is 0.301 e. The van der Waals surface area contributed by atoms with Crippen LogP contribution in [0.5, 0.6) is 11.5 Å². The Morgan fingerprint density at radius 1 is 1.08 bits per heavy atom. The fourth-order valence-electron chi connectivity index (χ4n) is 4.03. The predicted molar refractivity (Wildman–Crippen MR) is 137 cm³/mol. The van der Waals surface area contributed by atoms with E-state index < -0.39 is 17.7 Å². The number of rotatable bonds is 8. The van der Waals surface area contributed by atoms with Crippen LogP contribution in [0.2, 0.25) is 0 Å². The van der Waals surface area contributed by atoms with Crippen molar-refractivity contribution in [3.8, 4) is 11.5 Å². The smallest absolute Gasteiger partial charge is 0.301 e.